The number of pyridine rings is 2. The number of piperidine rings is 1. The van der Waals surface area contributed by atoms with Crippen LogP contribution < -0.4 is 20.8 Å². The zero-order valence-corrected chi connectivity index (χ0v) is 21.3. The van der Waals surface area contributed by atoms with Gasteiger partial charge in [-0.05, 0) is 50.2 Å². The van der Waals surface area contributed by atoms with Crippen LogP contribution in [0, 0.1) is 0 Å². The lowest BCUT2D eigenvalue weighted by molar-refractivity contribution is -0.113. The topological polar surface area (TPSA) is 88.5 Å². The van der Waals surface area contributed by atoms with Crippen molar-refractivity contribution in [3.05, 3.63) is 58.5 Å². The maximum atomic E-state index is 12.2. The number of halogens is 1. The van der Waals surface area contributed by atoms with E-state index < -0.39 is 0 Å². The second-order valence-electron chi connectivity index (χ2n) is 8.74. The van der Waals surface area contributed by atoms with Crippen LogP contribution in [-0.4, -0.2) is 58.9 Å². The van der Waals surface area contributed by atoms with Crippen molar-refractivity contribution in [2.45, 2.75) is 36.9 Å². The SMILES string of the molecule is COc1ccc2c(=O)ccn(CCN3CCC(NCc4ccc5c(n4)NC(=O)CS5)CC3)c2c1.Cl. The second kappa shape index (κ2) is 11.4. The summed E-state index contributed by atoms with van der Waals surface area (Å²) in [6.45, 7) is 4.52. The summed E-state index contributed by atoms with van der Waals surface area (Å²) in [6, 6.07) is 11.8. The molecule has 0 radical (unpaired) electrons. The normalized spacial score (nSPS) is 16.4. The Morgan fingerprint density at radius 1 is 1.14 bits per heavy atom. The maximum absolute atomic E-state index is 12.2. The summed E-state index contributed by atoms with van der Waals surface area (Å²) in [7, 11) is 1.64. The number of fused-ring (bicyclic) bond motifs is 2. The van der Waals surface area contributed by atoms with E-state index in [1.165, 1.54) is 11.8 Å². The van der Waals surface area contributed by atoms with Crippen LogP contribution >= 0.6 is 24.2 Å². The standard InChI is InChI=1S/C25H29N5O3S.ClH/c1-33-19-3-4-20-21(14-19)30(11-8-22(20)31)13-12-29-9-6-17(7-10-29)26-15-18-2-5-23-25(27-18)28-24(32)16-34-23;/h2-5,8,11,14,17,26H,6-7,9-10,12-13,15-16H2,1H3,(H,27,28,32);1H. The Morgan fingerprint density at radius 2 is 1.97 bits per heavy atom. The molecule has 10 heteroatoms. The molecule has 0 bridgehead atoms. The third-order valence-corrected chi connectivity index (χ3v) is 7.58. The van der Waals surface area contributed by atoms with E-state index in [4.69, 9.17) is 4.74 Å². The Hall–Kier alpha value is -2.59. The van der Waals surface area contributed by atoms with Gasteiger partial charge >= 0.3 is 0 Å². The summed E-state index contributed by atoms with van der Waals surface area (Å²) in [5.74, 6) is 1.91. The van der Waals surface area contributed by atoms with Crippen molar-refractivity contribution in [3.8, 4) is 5.75 Å². The number of thioether (sulfide) groups is 1. The van der Waals surface area contributed by atoms with Crippen LogP contribution in [0.5, 0.6) is 5.75 Å². The first-order chi connectivity index (χ1) is 16.6. The number of hydrogen-bond donors (Lipinski definition) is 2. The number of hydrogen-bond acceptors (Lipinski definition) is 7. The van der Waals surface area contributed by atoms with Gasteiger partial charge in [0.25, 0.3) is 0 Å². The molecule has 4 heterocycles. The summed E-state index contributed by atoms with van der Waals surface area (Å²) in [5, 5.41) is 7.21. The predicted octanol–water partition coefficient (Wildman–Crippen LogP) is 3.13. The van der Waals surface area contributed by atoms with E-state index in [9.17, 15) is 9.59 Å². The second-order valence-corrected chi connectivity index (χ2v) is 9.76. The van der Waals surface area contributed by atoms with Crippen molar-refractivity contribution in [1.82, 2.24) is 19.8 Å². The molecule has 2 aliphatic heterocycles. The molecule has 35 heavy (non-hydrogen) atoms. The van der Waals surface area contributed by atoms with Crippen LogP contribution in [0.4, 0.5) is 5.82 Å². The van der Waals surface area contributed by atoms with Crippen molar-refractivity contribution in [1.29, 1.82) is 0 Å². The molecule has 0 spiro atoms. The number of rotatable bonds is 7. The zero-order valence-electron chi connectivity index (χ0n) is 19.7. The minimum absolute atomic E-state index is 0. The molecule has 0 atom stereocenters. The molecule has 186 valence electrons. The number of anilines is 1. The van der Waals surface area contributed by atoms with E-state index in [1.54, 1.807) is 13.2 Å². The number of likely N-dealkylation sites (tertiary alicyclic amines) is 1. The van der Waals surface area contributed by atoms with Gasteiger partial charge < -0.3 is 24.8 Å². The van der Waals surface area contributed by atoms with Crippen molar-refractivity contribution in [3.63, 3.8) is 0 Å². The Bertz CT molecular complexity index is 1260. The summed E-state index contributed by atoms with van der Waals surface area (Å²) < 4.78 is 7.49. The minimum atomic E-state index is 0. The average Bonchev–Trinajstić information content (AvgIpc) is 2.87. The van der Waals surface area contributed by atoms with Gasteiger partial charge in [0.1, 0.15) is 11.6 Å². The first kappa shape index (κ1) is 25.5. The van der Waals surface area contributed by atoms with Gasteiger partial charge in [0, 0.05) is 49.4 Å². The van der Waals surface area contributed by atoms with Gasteiger partial charge in [0.2, 0.25) is 5.91 Å². The Balaban J connectivity index is 0.00000289. The van der Waals surface area contributed by atoms with E-state index >= 15 is 0 Å². The number of nitrogens with zero attached hydrogens (tertiary/aromatic N) is 3. The third-order valence-electron chi connectivity index (χ3n) is 6.53. The molecule has 1 fully saturated rings. The Morgan fingerprint density at radius 3 is 2.77 bits per heavy atom. The summed E-state index contributed by atoms with van der Waals surface area (Å²) in [5.41, 5.74) is 1.90. The van der Waals surface area contributed by atoms with Crippen LogP contribution in [0.3, 0.4) is 0 Å². The van der Waals surface area contributed by atoms with E-state index in [1.807, 2.05) is 36.5 Å². The lowest BCUT2D eigenvalue weighted by atomic mass is 10.0. The highest BCUT2D eigenvalue weighted by Crippen LogP contribution is 2.29. The third kappa shape index (κ3) is 5.98. The Kier molecular flexibility index (Phi) is 8.33. The van der Waals surface area contributed by atoms with Gasteiger partial charge in [-0.1, -0.05) is 0 Å². The quantitative estimate of drug-likeness (QED) is 0.499. The molecule has 2 aliphatic rings. The number of methoxy groups -OCH3 is 1. The fourth-order valence-electron chi connectivity index (χ4n) is 4.57. The van der Waals surface area contributed by atoms with Crippen molar-refractivity contribution < 1.29 is 9.53 Å². The van der Waals surface area contributed by atoms with Crippen molar-refractivity contribution in [2.24, 2.45) is 0 Å². The van der Waals surface area contributed by atoms with E-state index in [0.29, 0.717) is 24.2 Å². The smallest absolute Gasteiger partial charge is 0.235 e. The van der Waals surface area contributed by atoms with Gasteiger partial charge in [-0.15, -0.1) is 24.2 Å². The number of carbonyl (C=O) groups excluding carboxylic acids is 1. The van der Waals surface area contributed by atoms with Gasteiger partial charge in [-0.2, -0.15) is 0 Å². The average molecular weight is 516 g/mol. The number of benzene rings is 1. The number of ether oxygens (including phenoxy) is 1. The fourth-order valence-corrected chi connectivity index (χ4v) is 5.33. The highest BCUT2D eigenvalue weighted by Gasteiger charge is 2.20. The van der Waals surface area contributed by atoms with Crippen LogP contribution in [-0.2, 0) is 17.9 Å². The monoisotopic (exact) mass is 515 g/mol. The summed E-state index contributed by atoms with van der Waals surface area (Å²) in [4.78, 5) is 32.0. The van der Waals surface area contributed by atoms with E-state index in [0.717, 1.165) is 66.3 Å². The maximum Gasteiger partial charge on any atom is 0.235 e. The molecule has 0 aliphatic carbocycles. The summed E-state index contributed by atoms with van der Waals surface area (Å²) >= 11 is 1.53. The van der Waals surface area contributed by atoms with Gasteiger partial charge in [-0.25, -0.2) is 4.98 Å². The molecule has 1 saturated heterocycles. The number of carbonyl (C=O) groups is 1. The molecule has 8 nitrogen and oxygen atoms in total. The molecule has 1 amide bonds. The van der Waals surface area contributed by atoms with Crippen LogP contribution in [0.2, 0.25) is 0 Å². The van der Waals surface area contributed by atoms with Crippen molar-refractivity contribution >= 4 is 46.8 Å². The van der Waals surface area contributed by atoms with Crippen LogP contribution in [0.15, 0.2) is 52.3 Å². The predicted molar refractivity (Wildman–Crippen MR) is 142 cm³/mol. The van der Waals surface area contributed by atoms with Crippen LogP contribution in [0.25, 0.3) is 10.9 Å². The number of nitrogens with one attached hydrogen (secondary N) is 2. The highest BCUT2D eigenvalue weighted by molar-refractivity contribution is 8.00. The minimum Gasteiger partial charge on any atom is -0.497 e. The van der Waals surface area contributed by atoms with Gasteiger partial charge in [0.15, 0.2) is 5.43 Å². The molecule has 1 aromatic carbocycles. The highest BCUT2D eigenvalue weighted by atomic mass is 35.5. The zero-order chi connectivity index (χ0) is 23.5. The lowest BCUT2D eigenvalue weighted by Crippen LogP contribution is -2.43. The molecule has 0 saturated carbocycles. The molecule has 0 unspecified atom stereocenters. The first-order valence-electron chi connectivity index (χ1n) is 11.6. The molecule has 3 aromatic rings. The molecule has 5 rings (SSSR count). The van der Waals surface area contributed by atoms with E-state index in [2.05, 4.69) is 25.1 Å². The fraction of sp³-hybridized carbons (Fsp3) is 0.400. The van der Waals surface area contributed by atoms with Gasteiger partial charge in [0.05, 0.1) is 29.0 Å². The number of amides is 1. The van der Waals surface area contributed by atoms with Gasteiger partial charge in [-0.3, -0.25) is 9.59 Å². The van der Waals surface area contributed by atoms with Crippen molar-refractivity contribution in [2.75, 3.05) is 37.8 Å². The Labute approximate surface area is 214 Å². The molecule has 2 N–H and O–H groups in total. The number of aromatic nitrogens is 2. The first-order valence-corrected chi connectivity index (χ1v) is 12.6. The molecule has 2 aromatic heterocycles. The largest absolute Gasteiger partial charge is 0.497 e. The lowest BCUT2D eigenvalue weighted by Gasteiger charge is -2.32. The molecular formula is C25H30ClN5O3S. The summed E-state index contributed by atoms with van der Waals surface area (Å²) in [6.07, 6.45) is 4.04. The van der Waals surface area contributed by atoms with E-state index in [-0.39, 0.29) is 23.7 Å². The van der Waals surface area contributed by atoms with Crippen LogP contribution in [0.1, 0.15) is 18.5 Å². The molecular weight excluding hydrogens is 486 g/mol.